The molecule has 1 aromatic rings. The van der Waals surface area contributed by atoms with Gasteiger partial charge in [0.05, 0.1) is 0 Å². The third-order valence-electron chi connectivity index (χ3n) is 2.09. The van der Waals surface area contributed by atoms with Crippen LogP contribution in [-0.2, 0) is 6.42 Å². The quantitative estimate of drug-likeness (QED) is 0.780. The highest BCUT2D eigenvalue weighted by Gasteiger charge is 2.06. The van der Waals surface area contributed by atoms with Gasteiger partial charge in [-0.25, -0.2) is 0 Å². The second-order valence-corrected chi connectivity index (χ2v) is 2.89. The summed E-state index contributed by atoms with van der Waals surface area (Å²) in [5.74, 6) is 0. The third-order valence-corrected chi connectivity index (χ3v) is 2.09. The zero-order chi connectivity index (χ0) is 8.97. The van der Waals surface area contributed by atoms with Crippen molar-refractivity contribution in [2.24, 2.45) is 11.5 Å². The summed E-state index contributed by atoms with van der Waals surface area (Å²) in [4.78, 5) is 0. The smallest absolute Gasteiger partial charge is 0.0422 e. The Labute approximate surface area is 85.7 Å². The number of aryl methyl sites for hydroxylation is 1. The van der Waals surface area contributed by atoms with Crippen LogP contribution in [0.1, 0.15) is 24.1 Å². The maximum atomic E-state index is 5.85. The fourth-order valence-corrected chi connectivity index (χ4v) is 1.34. The molecular formula is C10H17ClN2. The number of halogens is 1. The van der Waals surface area contributed by atoms with Crippen LogP contribution in [0.4, 0.5) is 0 Å². The number of benzene rings is 1. The lowest BCUT2D eigenvalue weighted by molar-refractivity contribution is 0.727. The lowest BCUT2D eigenvalue weighted by Gasteiger charge is -2.13. The molecule has 2 nitrogen and oxygen atoms in total. The lowest BCUT2D eigenvalue weighted by atomic mass is 9.99. The number of hydrogen-bond acceptors (Lipinski definition) is 2. The zero-order valence-corrected chi connectivity index (χ0v) is 8.68. The number of nitrogens with two attached hydrogens (primary N) is 2. The van der Waals surface area contributed by atoms with Crippen molar-refractivity contribution < 1.29 is 0 Å². The Morgan fingerprint density at radius 3 is 2.46 bits per heavy atom. The highest BCUT2D eigenvalue weighted by atomic mass is 35.5. The lowest BCUT2D eigenvalue weighted by Crippen LogP contribution is -2.21. The average Bonchev–Trinajstić information content (AvgIpc) is 2.16. The molecule has 0 fully saturated rings. The van der Waals surface area contributed by atoms with E-state index < -0.39 is 0 Å². The molecule has 0 spiro atoms. The van der Waals surface area contributed by atoms with Crippen molar-refractivity contribution in [3.63, 3.8) is 0 Å². The molecule has 0 radical (unpaired) electrons. The Balaban J connectivity index is 0.00000144. The van der Waals surface area contributed by atoms with Crippen molar-refractivity contribution in [2.45, 2.75) is 19.4 Å². The van der Waals surface area contributed by atoms with E-state index in [0.717, 1.165) is 6.42 Å². The standard InChI is InChI=1S/C10H16N2.ClH/c1-2-8-5-3-4-6-9(8)10(12)7-11;/h3-6,10H,2,7,11-12H2,1H3;1H. The molecule has 74 valence electrons. The van der Waals surface area contributed by atoms with Crippen molar-refractivity contribution in [1.82, 2.24) is 0 Å². The molecule has 3 heteroatoms. The van der Waals surface area contributed by atoms with Crippen LogP contribution in [0.25, 0.3) is 0 Å². The summed E-state index contributed by atoms with van der Waals surface area (Å²) < 4.78 is 0. The van der Waals surface area contributed by atoms with Crippen molar-refractivity contribution >= 4 is 12.4 Å². The first kappa shape index (κ1) is 12.4. The van der Waals surface area contributed by atoms with Gasteiger partial charge >= 0.3 is 0 Å². The van der Waals surface area contributed by atoms with Gasteiger partial charge < -0.3 is 11.5 Å². The van der Waals surface area contributed by atoms with E-state index in [-0.39, 0.29) is 18.4 Å². The van der Waals surface area contributed by atoms with Crippen LogP contribution >= 0.6 is 12.4 Å². The molecule has 1 rings (SSSR count). The first-order valence-electron chi connectivity index (χ1n) is 4.33. The predicted octanol–water partition coefficient (Wildman–Crippen LogP) is 1.63. The Hall–Kier alpha value is -0.570. The summed E-state index contributed by atoms with van der Waals surface area (Å²) in [6.07, 6.45) is 1.02. The normalized spacial score (nSPS) is 11.9. The molecule has 4 N–H and O–H groups in total. The van der Waals surface area contributed by atoms with Gasteiger partial charge in [0.1, 0.15) is 0 Å². The van der Waals surface area contributed by atoms with Gasteiger partial charge in [0.2, 0.25) is 0 Å². The van der Waals surface area contributed by atoms with E-state index in [1.165, 1.54) is 11.1 Å². The van der Waals surface area contributed by atoms with Crippen LogP contribution in [0, 0.1) is 0 Å². The van der Waals surface area contributed by atoms with Gasteiger partial charge in [0.25, 0.3) is 0 Å². The fourth-order valence-electron chi connectivity index (χ4n) is 1.34. The van der Waals surface area contributed by atoms with E-state index in [2.05, 4.69) is 19.1 Å². The zero-order valence-electron chi connectivity index (χ0n) is 7.86. The van der Waals surface area contributed by atoms with Crippen molar-refractivity contribution in [3.05, 3.63) is 35.4 Å². The van der Waals surface area contributed by atoms with Gasteiger partial charge in [0, 0.05) is 12.6 Å². The molecule has 0 aromatic heterocycles. The van der Waals surface area contributed by atoms with E-state index in [1.807, 2.05) is 12.1 Å². The molecule has 0 saturated carbocycles. The molecule has 1 unspecified atom stereocenters. The van der Waals surface area contributed by atoms with Crippen LogP contribution in [-0.4, -0.2) is 6.54 Å². The van der Waals surface area contributed by atoms with E-state index >= 15 is 0 Å². The Kier molecular flexibility index (Phi) is 5.71. The summed E-state index contributed by atoms with van der Waals surface area (Å²) in [6.45, 7) is 2.64. The molecule has 13 heavy (non-hydrogen) atoms. The van der Waals surface area contributed by atoms with Crippen molar-refractivity contribution in [2.75, 3.05) is 6.54 Å². The number of rotatable bonds is 3. The van der Waals surface area contributed by atoms with Crippen molar-refractivity contribution in [1.29, 1.82) is 0 Å². The second-order valence-electron chi connectivity index (χ2n) is 2.89. The van der Waals surface area contributed by atoms with Crippen molar-refractivity contribution in [3.8, 4) is 0 Å². The molecular weight excluding hydrogens is 184 g/mol. The Bertz CT molecular complexity index is 250. The third kappa shape index (κ3) is 2.99. The Morgan fingerprint density at radius 2 is 1.92 bits per heavy atom. The first-order valence-corrected chi connectivity index (χ1v) is 4.33. The fraction of sp³-hybridized carbons (Fsp3) is 0.400. The van der Waals surface area contributed by atoms with E-state index in [0.29, 0.717) is 6.54 Å². The van der Waals surface area contributed by atoms with Gasteiger partial charge in [-0.1, -0.05) is 31.2 Å². The van der Waals surface area contributed by atoms with Crippen LogP contribution in [0.2, 0.25) is 0 Å². The maximum Gasteiger partial charge on any atom is 0.0422 e. The van der Waals surface area contributed by atoms with Crippen LogP contribution in [0.15, 0.2) is 24.3 Å². The summed E-state index contributed by atoms with van der Waals surface area (Å²) in [7, 11) is 0. The van der Waals surface area contributed by atoms with Crippen LogP contribution < -0.4 is 11.5 Å². The molecule has 0 aliphatic carbocycles. The van der Waals surface area contributed by atoms with Gasteiger partial charge in [-0.2, -0.15) is 0 Å². The largest absolute Gasteiger partial charge is 0.329 e. The highest BCUT2D eigenvalue weighted by Crippen LogP contribution is 2.15. The first-order chi connectivity index (χ1) is 5.79. The van der Waals surface area contributed by atoms with E-state index in [9.17, 15) is 0 Å². The minimum Gasteiger partial charge on any atom is -0.329 e. The SMILES string of the molecule is CCc1ccccc1C(N)CN.Cl. The topological polar surface area (TPSA) is 52.0 Å². The van der Waals surface area contributed by atoms with Gasteiger partial charge in [-0.15, -0.1) is 12.4 Å². The summed E-state index contributed by atoms with van der Waals surface area (Å²) in [6, 6.07) is 8.18. The minimum atomic E-state index is -0.0128. The molecule has 0 aliphatic heterocycles. The predicted molar refractivity (Wildman–Crippen MR) is 59.1 cm³/mol. The van der Waals surface area contributed by atoms with Gasteiger partial charge in [-0.3, -0.25) is 0 Å². The monoisotopic (exact) mass is 200 g/mol. The molecule has 0 saturated heterocycles. The number of hydrogen-bond donors (Lipinski definition) is 2. The molecule has 1 atom stereocenters. The molecule has 0 aliphatic rings. The summed E-state index contributed by atoms with van der Waals surface area (Å²) in [5, 5.41) is 0. The minimum absolute atomic E-state index is 0. The average molecular weight is 201 g/mol. The van der Waals surface area contributed by atoms with E-state index in [4.69, 9.17) is 11.5 Å². The maximum absolute atomic E-state index is 5.85. The van der Waals surface area contributed by atoms with Gasteiger partial charge in [-0.05, 0) is 17.5 Å². The van der Waals surface area contributed by atoms with Gasteiger partial charge in [0.15, 0.2) is 0 Å². The van der Waals surface area contributed by atoms with Crippen LogP contribution in [0.3, 0.4) is 0 Å². The Morgan fingerprint density at radius 1 is 1.31 bits per heavy atom. The van der Waals surface area contributed by atoms with E-state index in [1.54, 1.807) is 0 Å². The molecule has 0 amide bonds. The molecule has 0 heterocycles. The van der Waals surface area contributed by atoms with Crippen LogP contribution in [0.5, 0.6) is 0 Å². The molecule has 0 bridgehead atoms. The second kappa shape index (κ2) is 5.97. The molecule has 1 aromatic carbocycles. The summed E-state index contributed by atoms with van der Waals surface area (Å²) in [5.41, 5.74) is 13.8. The summed E-state index contributed by atoms with van der Waals surface area (Å²) >= 11 is 0. The highest BCUT2D eigenvalue weighted by molar-refractivity contribution is 5.85.